The number of amides is 1. The second kappa shape index (κ2) is 9.51. The van der Waals surface area contributed by atoms with Gasteiger partial charge in [-0.05, 0) is 60.6 Å². The van der Waals surface area contributed by atoms with Crippen LogP contribution in [0, 0.1) is 27.8 Å². The number of aryl methyl sites for hydroxylation is 1. The molecule has 0 saturated heterocycles. The zero-order chi connectivity index (χ0) is 26.5. The molecular formula is C24H26ClFN6O5. The summed E-state index contributed by atoms with van der Waals surface area (Å²) in [6, 6.07) is 5.25. The molecule has 37 heavy (non-hydrogen) atoms. The van der Waals surface area contributed by atoms with Crippen LogP contribution in [0.4, 0.5) is 15.9 Å². The van der Waals surface area contributed by atoms with Crippen molar-refractivity contribution in [3.63, 3.8) is 0 Å². The van der Waals surface area contributed by atoms with Crippen LogP contribution >= 0.6 is 11.6 Å². The fraction of sp³-hybridized carbons (Fsp3) is 0.458. The number of benzene rings is 1. The number of hydrogen-bond donors (Lipinski definition) is 3. The summed E-state index contributed by atoms with van der Waals surface area (Å²) in [6.45, 7) is -0.208. The Bertz CT molecular complexity index is 1360. The second-order valence-corrected chi connectivity index (χ2v) is 10.3. The zero-order valence-electron chi connectivity index (χ0n) is 20.0. The second-order valence-electron chi connectivity index (χ2n) is 9.89. The van der Waals surface area contributed by atoms with Crippen LogP contribution < -0.4 is 5.32 Å². The normalized spacial score (nSPS) is 24.8. The molecule has 2 aliphatic carbocycles. The van der Waals surface area contributed by atoms with Crippen LogP contribution in [0.15, 0.2) is 30.6 Å². The SMILES string of the molecule is Cn1cnc(C2CC3CC(O)(c4cc([N+](=O)[O-])nn4CCO)CC3C2)c1C(=O)Nc1ccc(F)c(Cl)c1. The number of halogens is 2. The van der Waals surface area contributed by atoms with E-state index in [4.69, 9.17) is 11.6 Å². The van der Waals surface area contributed by atoms with Crippen molar-refractivity contribution in [2.24, 2.45) is 18.9 Å². The number of carbonyl (C=O) groups excluding carboxylic acids is 1. The largest absolute Gasteiger partial charge is 0.394 e. The van der Waals surface area contributed by atoms with Crippen molar-refractivity contribution in [3.05, 3.63) is 68.6 Å². The Kier molecular flexibility index (Phi) is 6.50. The number of nitro groups is 1. The topological polar surface area (TPSA) is 148 Å². The van der Waals surface area contributed by atoms with E-state index < -0.39 is 16.3 Å². The lowest BCUT2D eigenvalue weighted by Crippen LogP contribution is -2.28. The van der Waals surface area contributed by atoms with Crippen LogP contribution in [0.5, 0.6) is 0 Å². The van der Waals surface area contributed by atoms with Crippen molar-refractivity contribution in [2.75, 3.05) is 11.9 Å². The van der Waals surface area contributed by atoms with Gasteiger partial charge < -0.3 is 30.2 Å². The number of carbonyl (C=O) groups is 1. The number of rotatable bonds is 7. The average molecular weight is 533 g/mol. The summed E-state index contributed by atoms with van der Waals surface area (Å²) in [5.41, 5.74) is 0.480. The first kappa shape index (κ1) is 25.3. The number of aliphatic hydroxyl groups excluding tert-OH is 1. The van der Waals surface area contributed by atoms with E-state index in [1.807, 2.05) is 0 Å². The van der Waals surface area contributed by atoms with Gasteiger partial charge in [0, 0.05) is 18.7 Å². The van der Waals surface area contributed by atoms with E-state index in [9.17, 15) is 29.5 Å². The highest BCUT2D eigenvalue weighted by atomic mass is 35.5. The third-order valence-corrected chi connectivity index (χ3v) is 7.82. The summed E-state index contributed by atoms with van der Waals surface area (Å²) in [6.07, 6.45) is 3.76. The summed E-state index contributed by atoms with van der Waals surface area (Å²) in [5, 5.41) is 38.7. The van der Waals surface area contributed by atoms with E-state index in [1.165, 1.54) is 28.9 Å². The van der Waals surface area contributed by atoms with E-state index in [2.05, 4.69) is 15.4 Å². The predicted molar refractivity (Wildman–Crippen MR) is 131 cm³/mol. The molecule has 0 radical (unpaired) electrons. The van der Waals surface area contributed by atoms with Crippen LogP contribution in [-0.4, -0.2) is 47.0 Å². The van der Waals surface area contributed by atoms with Crippen molar-refractivity contribution in [3.8, 4) is 0 Å². The molecule has 2 unspecified atom stereocenters. The van der Waals surface area contributed by atoms with Crippen molar-refractivity contribution in [1.82, 2.24) is 19.3 Å². The number of hydrogen-bond acceptors (Lipinski definition) is 7. The van der Waals surface area contributed by atoms with Crippen molar-refractivity contribution >= 4 is 29.0 Å². The molecule has 1 amide bonds. The molecule has 2 atom stereocenters. The molecule has 3 N–H and O–H groups in total. The minimum Gasteiger partial charge on any atom is -0.394 e. The number of aliphatic hydroxyl groups is 2. The average Bonchev–Trinajstić information content (AvgIpc) is 3.58. The van der Waals surface area contributed by atoms with Crippen molar-refractivity contribution < 1.29 is 24.3 Å². The number of imidazole rings is 1. The standard InChI is InChI=1S/C24H26ClFN6O5/c1-30-12-27-21(22(30)23(34)28-16-2-3-18(26)17(25)8-16)13-6-14-10-24(35,11-15(14)7-13)19-9-20(32(36)37)29-31(19)4-5-33/h2-3,8-9,12-15,33,35H,4-7,10-11H2,1H3,(H,28,34). The lowest BCUT2D eigenvalue weighted by atomic mass is 9.90. The molecule has 2 saturated carbocycles. The minimum atomic E-state index is -1.29. The van der Waals surface area contributed by atoms with Crippen molar-refractivity contribution in [2.45, 2.75) is 43.7 Å². The molecule has 1 aromatic carbocycles. The molecular weight excluding hydrogens is 507 g/mol. The van der Waals surface area contributed by atoms with Crippen LogP contribution in [-0.2, 0) is 19.2 Å². The first-order valence-corrected chi connectivity index (χ1v) is 12.3. The van der Waals surface area contributed by atoms with Gasteiger partial charge in [0.2, 0.25) is 0 Å². The molecule has 0 aliphatic heterocycles. The molecule has 5 rings (SSSR count). The Morgan fingerprint density at radius 3 is 2.65 bits per heavy atom. The first-order chi connectivity index (χ1) is 17.6. The molecule has 0 spiro atoms. The maximum absolute atomic E-state index is 13.5. The van der Waals surface area contributed by atoms with Gasteiger partial charge in [-0.3, -0.25) is 4.79 Å². The Morgan fingerprint density at radius 2 is 2.03 bits per heavy atom. The minimum absolute atomic E-state index is 0.00463. The Labute approximate surface area is 216 Å². The lowest BCUT2D eigenvalue weighted by molar-refractivity contribution is -0.389. The van der Waals surface area contributed by atoms with Crippen LogP contribution in [0.2, 0.25) is 5.02 Å². The van der Waals surface area contributed by atoms with Gasteiger partial charge in [-0.2, -0.15) is 4.68 Å². The van der Waals surface area contributed by atoms with Gasteiger partial charge in [0.15, 0.2) is 0 Å². The van der Waals surface area contributed by atoms with E-state index in [0.717, 1.165) is 0 Å². The molecule has 196 valence electrons. The van der Waals surface area contributed by atoms with Crippen LogP contribution in [0.3, 0.4) is 0 Å². The number of aromatic nitrogens is 4. The maximum Gasteiger partial charge on any atom is 0.390 e. The fourth-order valence-corrected chi connectivity index (χ4v) is 6.20. The highest BCUT2D eigenvalue weighted by molar-refractivity contribution is 6.31. The highest BCUT2D eigenvalue weighted by Gasteiger charge is 2.52. The van der Waals surface area contributed by atoms with Crippen molar-refractivity contribution in [1.29, 1.82) is 0 Å². The van der Waals surface area contributed by atoms with Gasteiger partial charge in [0.05, 0.1) is 47.1 Å². The van der Waals surface area contributed by atoms with E-state index >= 15 is 0 Å². The third-order valence-electron chi connectivity index (χ3n) is 7.53. The summed E-state index contributed by atoms with van der Waals surface area (Å²) in [4.78, 5) is 28.3. The maximum atomic E-state index is 13.5. The smallest absolute Gasteiger partial charge is 0.390 e. The van der Waals surface area contributed by atoms with Crippen LogP contribution in [0.25, 0.3) is 0 Å². The van der Waals surface area contributed by atoms with Gasteiger partial charge in [-0.15, -0.1) is 0 Å². The van der Waals surface area contributed by atoms with Gasteiger partial charge in [-0.25, -0.2) is 9.37 Å². The molecule has 0 bridgehead atoms. The summed E-state index contributed by atoms with van der Waals surface area (Å²) < 4.78 is 16.5. The van der Waals surface area contributed by atoms with Gasteiger partial charge >= 0.3 is 5.82 Å². The summed E-state index contributed by atoms with van der Waals surface area (Å²) >= 11 is 5.84. The molecule has 3 aromatic rings. The van der Waals surface area contributed by atoms with Crippen LogP contribution in [0.1, 0.15) is 53.5 Å². The number of nitrogens with zero attached hydrogens (tertiary/aromatic N) is 5. The number of nitrogens with one attached hydrogen (secondary N) is 1. The monoisotopic (exact) mass is 532 g/mol. The fourth-order valence-electron chi connectivity index (χ4n) is 6.02. The van der Waals surface area contributed by atoms with E-state index in [0.29, 0.717) is 48.5 Å². The third kappa shape index (κ3) is 4.60. The highest BCUT2D eigenvalue weighted by Crippen LogP contribution is 2.57. The zero-order valence-corrected chi connectivity index (χ0v) is 20.7. The quantitative estimate of drug-likeness (QED) is 0.312. The molecule has 2 heterocycles. The molecule has 11 nitrogen and oxygen atoms in total. The molecule has 2 aliphatic rings. The Morgan fingerprint density at radius 1 is 1.32 bits per heavy atom. The molecule has 2 aromatic heterocycles. The van der Waals surface area contributed by atoms with E-state index in [1.54, 1.807) is 17.9 Å². The first-order valence-electron chi connectivity index (χ1n) is 11.9. The lowest BCUT2D eigenvalue weighted by Gasteiger charge is -2.24. The Hall–Kier alpha value is -3.35. The van der Waals surface area contributed by atoms with Gasteiger partial charge in [-0.1, -0.05) is 11.6 Å². The Balaban J connectivity index is 1.33. The predicted octanol–water partition coefficient (Wildman–Crippen LogP) is 3.35. The molecule has 2 fully saturated rings. The summed E-state index contributed by atoms with van der Waals surface area (Å²) in [5.74, 6) is -1.08. The van der Waals surface area contributed by atoms with Gasteiger partial charge in [0.25, 0.3) is 5.91 Å². The van der Waals surface area contributed by atoms with E-state index in [-0.39, 0.29) is 47.7 Å². The number of anilines is 1. The van der Waals surface area contributed by atoms with Gasteiger partial charge in [0.1, 0.15) is 17.1 Å². The molecule has 13 heteroatoms. The summed E-state index contributed by atoms with van der Waals surface area (Å²) in [7, 11) is 1.73. The number of fused-ring (bicyclic) bond motifs is 1.